The van der Waals surface area contributed by atoms with Crippen molar-refractivity contribution in [1.82, 2.24) is 5.32 Å². The Balaban J connectivity index is 2.89. The molecular weight excluding hydrogens is 246 g/mol. The molecule has 1 heterocycles. The number of allylic oxidation sites excluding steroid dienone is 1. The molecule has 0 amide bonds. The molecule has 0 aromatic carbocycles. The Bertz CT molecular complexity index is 338. The smallest absolute Gasteiger partial charge is 0.221 e. The maximum Gasteiger partial charge on any atom is 0.221 e. The van der Waals surface area contributed by atoms with Gasteiger partial charge in [-0.25, -0.2) is 4.99 Å². The third kappa shape index (κ3) is 2.45. The molecule has 0 saturated heterocycles. The van der Waals surface area contributed by atoms with Crippen molar-refractivity contribution in [3.8, 4) is 0 Å². The molecule has 0 saturated carbocycles. The van der Waals surface area contributed by atoms with E-state index in [1.54, 1.807) is 6.20 Å². The van der Waals surface area contributed by atoms with Crippen LogP contribution < -0.4 is 5.32 Å². The highest BCUT2D eigenvalue weighted by Crippen LogP contribution is 2.18. The fraction of sp³-hybridized carbons (Fsp3) is 0.333. The van der Waals surface area contributed by atoms with Crippen molar-refractivity contribution in [3.63, 3.8) is 0 Å². The van der Waals surface area contributed by atoms with Crippen molar-refractivity contribution in [2.45, 2.75) is 19.9 Å². The lowest BCUT2D eigenvalue weighted by molar-refractivity contribution is 0.554. The van der Waals surface area contributed by atoms with Crippen LogP contribution in [0, 0.1) is 5.41 Å². The van der Waals surface area contributed by atoms with Crippen LogP contribution in [0.5, 0.6) is 0 Å². The van der Waals surface area contributed by atoms with Gasteiger partial charge in [-0.2, -0.15) is 0 Å². The number of hydrogen-bond donors (Lipinski definition) is 3. The molecule has 1 aliphatic heterocycles. The van der Waals surface area contributed by atoms with E-state index in [4.69, 9.17) is 5.41 Å². The van der Waals surface area contributed by atoms with Crippen LogP contribution in [0.15, 0.2) is 27.4 Å². The summed E-state index contributed by atoms with van der Waals surface area (Å²) >= 11 is 3.18. The number of nitrogens with zero attached hydrogens (tertiary/aromatic N) is 1. The Morgan fingerprint density at radius 3 is 2.86 bits per heavy atom. The van der Waals surface area contributed by atoms with Crippen molar-refractivity contribution in [1.29, 1.82) is 5.41 Å². The maximum atomic E-state index is 9.41. The number of aliphatic hydroxyl groups is 1. The van der Waals surface area contributed by atoms with Crippen molar-refractivity contribution >= 4 is 27.5 Å². The topological polar surface area (TPSA) is 68.5 Å². The second-order valence-corrected chi connectivity index (χ2v) is 4.04. The molecule has 0 aromatic rings. The first-order chi connectivity index (χ1) is 6.52. The predicted molar refractivity (Wildman–Crippen MR) is 61.2 cm³/mol. The van der Waals surface area contributed by atoms with Gasteiger partial charge in [0.2, 0.25) is 5.90 Å². The Hall–Kier alpha value is -1.10. The van der Waals surface area contributed by atoms with Crippen molar-refractivity contribution < 1.29 is 5.11 Å². The Morgan fingerprint density at radius 1 is 1.64 bits per heavy atom. The maximum absolute atomic E-state index is 9.41. The quantitative estimate of drug-likeness (QED) is 0.709. The van der Waals surface area contributed by atoms with Crippen LogP contribution in [-0.4, -0.2) is 22.8 Å². The largest absolute Gasteiger partial charge is 0.493 e. The van der Waals surface area contributed by atoms with Crippen molar-refractivity contribution in [2.24, 2.45) is 4.99 Å². The van der Waals surface area contributed by atoms with Gasteiger partial charge in [-0.15, -0.1) is 0 Å². The monoisotopic (exact) mass is 257 g/mol. The van der Waals surface area contributed by atoms with Gasteiger partial charge in [0.15, 0.2) is 0 Å². The molecule has 0 aliphatic carbocycles. The first kappa shape index (κ1) is 11.0. The summed E-state index contributed by atoms with van der Waals surface area (Å²) in [7, 11) is 0. The van der Waals surface area contributed by atoms with Gasteiger partial charge in [0.25, 0.3) is 0 Å². The van der Waals surface area contributed by atoms with E-state index in [1.165, 1.54) is 6.20 Å². The molecule has 0 spiro atoms. The zero-order valence-corrected chi connectivity index (χ0v) is 9.59. The summed E-state index contributed by atoms with van der Waals surface area (Å²) in [6.07, 6.45) is 3.00. The normalized spacial score (nSPS) is 19.7. The summed E-state index contributed by atoms with van der Waals surface area (Å²) in [5, 5.41) is 20.1. The summed E-state index contributed by atoms with van der Waals surface area (Å²) < 4.78 is 0.562. The zero-order chi connectivity index (χ0) is 10.7. The molecular formula is C9H12BrN3O. The Kier molecular flexibility index (Phi) is 3.46. The van der Waals surface area contributed by atoms with E-state index in [0.717, 1.165) is 0 Å². The average molecular weight is 258 g/mol. The molecule has 0 aromatic heterocycles. The average Bonchev–Trinajstić information content (AvgIpc) is 2.11. The molecule has 3 N–H and O–H groups in total. The molecule has 5 heteroatoms. The van der Waals surface area contributed by atoms with Gasteiger partial charge in [0.05, 0.1) is 15.8 Å². The van der Waals surface area contributed by atoms with Gasteiger partial charge in [-0.05, 0) is 29.8 Å². The van der Waals surface area contributed by atoms with Crippen LogP contribution in [0.4, 0.5) is 0 Å². The number of aliphatic imine (C=N–C) groups is 1. The molecule has 76 valence electrons. The molecule has 14 heavy (non-hydrogen) atoms. The van der Waals surface area contributed by atoms with Crippen LogP contribution in [0.2, 0.25) is 0 Å². The fourth-order valence-electron chi connectivity index (χ4n) is 0.879. The van der Waals surface area contributed by atoms with Crippen molar-refractivity contribution in [3.05, 3.63) is 22.5 Å². The second kappa shape index (κ2) is 4.41. The highest BCUT2D eigenvalue weighted by molar-refractivity contribution is 9.12. The van der Waals surface area contributed by atoms with E-state index >= 15 is 0 Å². The van der Waals surface area contributed by atoms with Gasteiger partial charge in [0, 0.05) is 18.4 Å². The van der Waals surface area contributed by atoms with E-state index in [-0.39, 0.29) is 17.7 Å². The molecule has 1 aliphatic rings. The second-order valence-electron chi connectivity index (χ2n) is 3.18. The van der Waals surface area contributed by atoms with Crippen LogP contribution in [0.25, 0.3) is 0 Å². The minimum atomic E-state index is -0.133. The summed E-state index contributed by atoms with van der Waals surface area (Å²) in [5.74, 6) is -0.133. The Morgan fingerprint density at radius 2 is 2.29 bits per heavy atom. The number of hydrogen-bond acceptors (Lipinski definition) is 3. The molecule has 0 atom stereocenters. The standard InChI is InChI=1S/C9H12BrN3O/c1-5(2)12-3-6-8(11)7(10)4-13-9(6)14/h3-5,11-12H,1-2H3,(H,13,14)/b6-3+,11-8?. The van der Waals surface area contributed by atoms with E-state index in [9.17, 15) is 5.11 Å². The Labute approximate surface area is 91.1 Å². The van der Waals surface area contributed by atoms with Gasteiger partial charge in [-0.3, -0.25) is 5.41 Å². The highest BCUT2D eigenvalue weighted by Gasteiger charge is 2.17. The summed E-state index contributed by atoms with van der Waals surface area (Å²) in [6.45, 7) is 3.95. The number of halogens is 1. The van der Waals surface area contributed by atoms with Gasteiger partial charge in [-0.1, -0.05) is 0 Å². The van der Waals surface area contributed by atoms with Gasteiger partial charge in [0.1, 0.15) is 0 Å². The van der Waals surface area contributed by atoms with E-state index in [2.05, 4.69) is 26.2 Å². The predicted octanol–water partition coefficient (Wildman–Crippen LogP) is 2.09. The summed E-state index contributed by atoms with van der Waals surface area (Å²) in [5.41, 5.74) is 0.624. The number of rotatable bonds is 2. The van der Waals surface area contributed by atoms with Crippen LogP contribution in [0.3, 0.4) is 0 Å². The lowest BCUT2D eigenvalue weighted by Gasteiger charge is -2.12. The number of aliphatic hydroxyl groups excluding tert-OH is 1. The van der Waals surface area contributed by atoms with Gasteiger partial charge >= 0.3 is 0 Å². The lowest BCUT2D eigenvalue weighted by atomic mass is 10.1. The third-order valence-corrected chi connectivity index (χ3v) is 2.21. The first-order valence-corrected chi connectivity index (χ1v) is 5.00. The molecule has 0 fully saturated rings. The van der Waals surface area contributed by atoms with E-state index < -0.39 is 0 Å². The van der Waals surface area contributed by atoms with Crippen molar-refractivity contribution in [2.75, 3.05) is 0 Å². The molecule has 0 unspecified atom stereocenters. The SMILES string of the molecule is CC(C)N/C=C1\C(=N)C(Br)=CN=C1O. The molecule has 4 nitrogen and oxygen atoms in total. The van der Waals surface area contributed by atoms with Crippen LogP contribution in [-0.2, 0) is 0 Å². The minimum Gasteiger partial charge on any atom is -0.493 e. The van der Waals surface area contributed by atoms with E-state index in [1.807, 2.05) is 13.8 Å². The molecule has 0 bridgehead atoms. The first-order valence-electron chi connectivity index (χ1n) is 4.20. The summed E-state index contributed by atoms with van der Waals surface area (Å²) in [4.78, 5) is 3.73. The van der Waals surface area contributed by atoms with E-state index in [0.29, 0.717) is 10.1 Å². The van der Waals surface area contributed by atoms with Crippen LogP contribution in [0.1, 0.15) is 13.8 Å². The molecule has 0 radical (unpaired) electrons. The lowest BCUT2D eigenvalue weighted by Crippen LogP contribution is -2.22. The zero-order valence-electron chi connectivity index (χ0n) is 8.00. The highest BCUT2D eigenvalue weighted by atomic mass is 79.9. The third-order valence-electron chi connectivity index (χ3n) is 1.61. The minimum absolute atomic E-state index is 0.133. The fourth-order valence-corrected chi connectivity index (χ4v) is 1.20. The van der Waals surface area contributed by atoms with Crippen LogP contribution >= 0.6 is 15.9 Å². The van der Waals surface area contributed by atoms with Gasteiger partial charge < -0.3 is 10.4 Å². The summed E-state index contributed by atoms with van der Waals surface area (Å²) in [6, 6.07) is 0.257. The number of nitrogens with one attached hydrogen (secondary N) is 2. The molecule has 1 rings (SSSR count).